The van der Waals surface area contributed by atoms with Crippen LogP contribution in [0.15, 0.2) is 0 Å². The van der Waals surface area contributed by atoms with Crippen LogP contribution in [0.2, 0.25) is 0 Å². The van der Waals surface area contributed by atoms with Crippen LogP contribution in [0.1, 0.15) is 26.7 Å². The van der Waals surface area contributed by atoms with Crippen molar-refractivity contribution in [3.05, 3.63) is 0 Å². The molecule has 1 unspecified atom stereocenters. The van der Waals surface area contributed by atoms with Gasteiger partial charge in [-0.2, -0.15) is 0 Å². The molecule has 0 radical (unpaired) electrons. The molecule has 0 bridgehead atoms. The predicted molar refractivity (Wildman–Crippen MR) is 39.4 cm³/mol. The quantitative estimate of drug-likeness (QED) is 0.607. The highest BCUT2D eigenvalue weighted by Gasteiger charge is 1.97. The summed E-state index contributed by atoms with van der Waals surface area (Å²) in [6.07, 6.45) is 2.41. The molecule has 0 heterocycles. The third-order valence-corrected chi connectivity index (χ3v) is 1.18. The molecular formula is C7H17NO. The number of nitrogens with two attached hydrogens (primary N) is 1. The van der Waals surface area contributed by atoms with E-state index in [9.17, 15) is 0 Å². The highest BCUT2D eigenvalue weighted by Crippen LogP contribution is 1.95. The van der Waals surface area contributed by atoms with Crippen molar-refractivity contribution in [2.75, 3.05) is 13.2 Å². The average molecular weight is 131 g/mol. The van der Waals surface area contributed by atoms with E-state index in [0.29, 0.717) is 6.10 Å². The lowest BCUT2D eigenvalue weighted by molar-refractivity contribution is 0.0625. The number of ether oxygens (including phenoxy) is 1. The van der Waals surface area contributed by atoms with Crippen molar-refractivity contribution in [2.45, 2.75) is 32.8 Å². The third kappa shape index (κ3) is 5.80. The standard InChI is InChI=1S/C7H17NO/c1-3-6-9-7(2)4-5-8/h7H,3-6,8H2,1-2H3. The van der Waals surface area contributed by atoms with Gasteiger partial charge in [0.25, 0.3) is 0 Å². The molecule has 0 fully saturated rings. The van der Waals surface area contributed by atoms with Crippen LogP contribution in [0.4, 0.5) is 0 Å². The summed E-state index contributed by atoms with van der Waals surface area (Å²) in [4.78, 5) is 0. The van der Waals surface area contributed by atoms with E-state index in [1.807, 2.05) is 0 Å². The number of rotatable bonds is 5. The molecule has 0 saturated carbocycles. The summed E-state index contributed by atoms with van der Waals surface area (Å²) in [5.74, 6) is 0. The predicted octanol–water partition coefficient (Wildman–Crippen LogP) is 1.15. The zero-order chi connectivity index (χ0) is 7.11. The van der Waals surface area contributed by atoms with Crippen molar-refractivity contribution >= 4 is 0 Å². The molecule has 2 nitrogen and oxygen atoms in total. The summed E-state index contributed by atoms with van der Waals surface area (Å²) in [5, 5.41) is 0. The van der Waals surface area contributed by atoms with E-state index in [2.05, 4.69) is 13.8 Å². The Balaban J connectivity index is 2.95. The van der Waals surface area contributed by atoms with Gasteiger partial charge >= 0.3 is 0 Å². The first kappa shape index (κ1) is 8.92. The first-order chi connectivity index (χ1) is 4.31. The zero-order valence-corrected chi connectivity index (χ0v) is 6.39. The maximum absolute atomic E-state index is 5.35. The maximum atomic E-state index is 5.35. The molecule has 0 aliphatic carbocycles. The molecule has 1 atom stereocenters. The lowest BCUT2D eigenvalue weighted by Crippen LogP contribution is -2.14. The molecule has 0 amide bonds. The van der Waals surface area contributed by atoms with E-state index < -0.39 is 0 Å². The molecular weight excluding hydrogens is 114 g/mol. The minimum atomic E-state index is 0.343. The molecule has 56 valence electrons. The van der Waals surface area contributed by atoms with Crippen LogP contribution in [-0.4, -0.2) is 19.3 Å². The highest BCUT2D eigenvalue weighted by molar-refractivity contribution is 4.49. The maximum Gasteiger partial charge on any atom is 0.0559 e. The van der Waals surface area contributed by atoms with Crippen molar-refractivity contribution < 1.29 is 4.74 Å². The summed E-state index contributed by atoms with van der Waals surface area (Å²) >= 11 is 0. The fraction of sp³-hybridized carbons (Fsp3) is 1.00. The van der Waals surface area contributed by atoms with Gasteiger partial charge in [-0.1, -0.05) is 6.92 Å². The number of hydrogen-bond donors (Lipinski definition) is 1. The van der Waals surface area contributed by atoms with Crippen LogP contribution < -0.4 is 5.73 Å². The van der Waals surface area contributed by atoms with Gasteiger partial charge in [-0.25, -0.2) is 0 Å². The second kappa shape index (κ2) is 6.05. The second-order valence-electron chi connectivity index (χ2n) is 2.26. The monoisotopic (exact) mass is 131 g/mol. The van der Waals surface area contributed by atoms with Gasteiger partial charge in [0.1, 0.15) is 0 Å². The van der Waals surface area contributed by atoms with Gasteiger partial charge in [0.2, 0.25) is 0 Å². The summed E-state index contributed by atoms with van der Waals surface area (Å²) < 4.78 is 5.35. The van der Waals surface area contributed by atoms with Crippen molar-refractivity contribution in [3.63, 3.8) is 0 Å². The van der Waals surface area contributed by atoms with Crippen molar-refractivity contribution in [1.82, 2.24) is 0 Å². The van der Waals surface area contributed by atoms with Crippen LogP contribution >= 0.6 is 0 Å². The minimum Gasteiger partial charge on any atom is -0.378 e. The molecule has 0 aliphatic rings. The van der Waals surface area contributed by atoms with E-state index in [1.54, 1.807) is 0 Å². The van der Waals surface area contributed by atoms with Crippen LogP contribution in [0.5, 0.6) is 0 Å². The zero-order valence-electron chi connectivity index (χ0n) is 6.39. The van der Waals surface area contributed by atoms with Gasteiger partial charge in [-0.3, -0.25) is 0 Å². The third-order valence-electron chi connectivity index (χ3n) is 1.18. The Kier molecular flexibility index (Phi) is 5.99. The fourth-order valence-corrected chi connectivity index (χ4v) is 0.637. The van der Waals surface area contributed by atoms with Crippen LogP contribution in [0, 0.1) is 0 Å². The Morgan fingerprint density at radius 2 is 2.22 bits per heavy atom. The highest BCUT2D eigenvalue weighted by atomic mass is 16.5. The fourth-order valence-electron chi connectivity index (χ4n) is 0.637. The molecule has 2 N–H and O–H groups in total. The Bertz CT molecular complexity index is 56.9. The molecule has 0 aromatic heterocycles. The summed E-state index contributed by atoms with van der Waals surface area (Å²) in [6.45, 7) is 5.75. The lowest BCUT2D eigenvalue weighted by Gasteiger charge is -2.09. The molecule has 0 aromatic carbocycles. The smallest absolute Gasteiger partial charge is 0.0559 e. The second-order valence-corrected chi connectivity index (χ2v) is 2.26. The van der Waals surface area contributed by atoms with E-state index in [4.69, 9.17) is 10.5 Å². The Morgan fingerprint density at radius 1 is 1.56 bits per heavy atom. The van der Waals surface area contributed by atoms with Crippen LogP contribution in [0.25, 0.3) is 0 Å². The topological polar surface area (TPSA) is 35.2 Å². The Hall–Kier alpha value is -0.0800. The van der Waals surface area contributed by atoms with Gasteiger partial charge in [0.15, 0.2) is 0 Å². The first-order valence-corrected chi connectivity index (χ1v) is 3.63. The van der Waals surface area contributed by atoms with Gasteiger partial charge < -0.3 is 10.5 Å². The number of hydrogen-bond acceptors (Lipinski definition) is 2. The molecule has 0 aromatic rings. The van der Waals surface area contributed by atoms with Gasteiger partial charge in [-0.15, -0.1) is 0 Å². The Morgan fingerprint density at radius 3 is 2.67 bits per heavy atom. The lowest BCUT2D eigenvalue weighted by atomic mass is 10.3. The average Bonchev–Trinajstić information content (AvgIpc) is 1.85. The molecule has 9 heavy (non-hydrogen) atoms. The van der Waals surface area contributed by atoms with Crippen LogP contribution in [-0.2, 0) is 4.74 Å². The molecule has 2 heteroatoms. The van der Waals surface area contributed by atoms with E-state index in [1.165, 1.54) is 0 Å². The Labute approximate surface area is 57.4 Å². The minimum absolute atomic E-state index is 0.343. The summed E-state index contributed by atoms with van der Waals surface area (Å²) in [7, 11) is 0. The van der Waals surface area contributed by atoms with Crippen molar-refractivity contribution in [1.29, 1.82) is 0 Å². The van der Waals surface area contributed by atoms with Gasteiger partial charge in [0, 0.05) is 6.61 Å². The first-order valence-electron chi connectivity index (χ1n) is 3.63. The summed E-state index contributed by atoms with van der Waals surface area (Å²) in [5.41, 5.74) is 5.32. The summed E-state index contributed by atoms with van der Waals surface area (Å²) in [6, 6.07) is 0. The van der Waals surface area contributed by atoms with E-state index in [0.717, 1.165) is 26.0 Å². The van der Waals surface area contributed by atoms with E-state index in [-0.39, 0.29) is 0 Å². The van der Waals surface area contributed by atoms with E-state index >= 15 is 0 Å². The molecule has 0 spiro atoms. The SMILES string of the molecule is CCCOC(C)CCN. The molecule has 0 aliphatic heterocycles. The van der Waals surface area contributed by atoms with Crippen molar-refractivity contribution in [3.8, 4) is 0 Å². The largest absolute Gasteiger partial charge is 0.378 e. The van der Waals surface area contributed by atoms with Gasteiger partial charge in [0.05, 0.1) is 6.10 Å². The van der Waals surface area contributed by atoms with Crippen LogP contribution in [0.3, 0.4) is 0 Å². The van der Waals surface area contributed by atoms with Gasteiger partial charge in [-0.05, 0) is 26.3 Å². The normalized spacial score (nSPS) is 13.7. The van der Waals surface area contributed by atoms with Crippen molar-refractivity contribution in [2.24, 2.45) is 5.73 Å². The molecule has 0 saturated heterocycles. The molecule has 0 rings (SSSR count).